The molecule has 0 aliphatic rings. The van der Waals surface area contributed by atoms with E-state index in [1.54, 1.807) is 0 Å². The number of nitrogens with zero attached hydrogens (tertiary/aromatic N) is 1. The first-order chi connectivity index (χ1) is 8.17. The molecule has 8 heteroatoms. The molecule has 102 valence electrons. The Morgan fingerprint density at radius 2 is 1.89 bits per heavy atom. The summed E-state index contributed by atoms with van der Waals surface area (Å²) in [5.41, 5.74) is 0.675. The Morgan fingerprint density at radius 1 is 1.28 bits per heavy atom. The number of rotatable bonds is 4. The summed E-state index contributed by atoms with van der Waals surface area (Å²) in [5, 5.41) is 0. The van der Waals surface area contributed by atoms with Crippen LogP contribution in [0.2, 0.25) is 0 Å². The minimum atomic E-state index is -5.64. The van der Waals surface area contributed by atoms with Gasteiger partial charge in [0.1, 0.15) is 5.75 Å². The third-order valence-electron chi connectivity index (χ3n) is 2.07. The SMILES string of the molecule is Cc1cnc(CCl)cc1OCC(F)(F)C(F)(F)F. The van der Waals surface area contributed by atoms with E-state index in [0.29, 0.717) is 11.3 Å². The number of alkyl halides is 6. The van der Waals surface area contributed by atoms with E-state index in [0.717, 1.165) is 0 Å². The molecule has 0 spiro atoms. The molecule has 0 atom stereocenters. The molecule has 0 N–H and O–H groups in total. The maximum Gasteiger partial charge on any atom is 0.456 e. The van der Waals surface area contributed by atoms with Crippen LogP contribution in [0, 0.1) is 6.92 Å². The maximum atomic E-state index is 12.6. The molecule has 1 heterocycles. The van der Waals surface area contributed by atoms with Crippen molar-refractivity contribution in [1.29, 1.82) is 0 Å². The first kappa shape index (κ1) is 14.9. The van der Waals surface area contributed by atoms with E-state index in [1.165, 1.54) is 19.2 Å². The molecule has 0 saturated heterocycles. The van der Waals surface area contributed by atoms with Gasteiger partial charge in [-0.2, -0.15) is 22.0 Å². The number of hydrogen-bond acceptors (Lipinski definition) is 2. The average molecular weight is 290 g/mol. The molecular weight excluding hydrogens is 281 g/mol. The molecule has 0 bridgehead atoms. The Hall–Kier alpha value is -1.11. The molecule has 0 amide bonds. The summed E-state index contributed by atoms with van der Waals surface area (Å²) >= 11 is 5.47. The van der Waals surface area contributed by atoms with Gasteiger partial charge in [0.25, 0.3) is 0 Å². The van der Waals surface area contributed by atoms with Gasteiger partial charge in [0.15, 0.2) is 6.61 Å². The summed E-state index contributed by atoms with van der Waals surface area (Å²) in [6.45, 7) is -0.296. The zero-order valence-electron chi connectivity index (χ0n) is 9.19. The summed E-state index contributed by atoms with van der Waals surface area (Å²) < 4.78 is 65.5. The van der Waals surface area contributed by atoms with E-state index in [4.69, 9.17) is 11.6 Å². The fraction of sp³-hybridized carbons (Fsp3) is 0.500. The highest BCUT2D eigenvalue weighted by atomic mass is 35.5. The van der Waals surface area contributed by atoms with Gasteiger partial charge in [0.05, 0.1) is 11.6 Å². The molecule has 1 aromatic heterocycles. The standard InChI is InChI=1S/C10H9ClF5NO/c1-6-4-17-7(3-11)2-8(6)18-5-9(12,13)10(14,15)16/h2,4H,3,5H2,1H3. The molecule has 18 heavy (non-hydrogen) atoms. The van der Waals surface area contributed by atoms with Crippen molar-refractivity contribution in [1.82, 2.24) is 4.98 Å². The summed E-state index contributed by atoms with van der Waals surface area (Å²) in [6.07, 6.45) is -4.35. The first-order valence-electron chi connectivity index (χ1n) is 4.76. The van der Waals surface area contributed by atoms with Gasteiger partial charge >= 0.3 is 12.1 Å². The van der Waals surface area contributed by atoms with Crippen molar-refractivity contribution in [2.75, 3.05) is 6.61 Å². The van der Waals surface area contributed by atoms with Gasteiger partial charge in [-0.1, -0.05) is 0 Å². The lowest BCUT2D eigenvalue weighted by Gasteiger charge is -2.20. The molecular formula is C10H9ClF5NO. The molecule has 0 unspecified atom stereocenters. The van der Waals surface area contributed by atoms with Crippen molar-refractivity contribution < 1.29 is 26.7 Å². The van der Waals surface area contributed by atoms with E-state index < -0.39 is 18.7 Å². The second-order valence-corrected chi connectivity index (χ2v) is 3.83. The molecule has 2 nitrogen and oxygen atoms in total. The lowest BCUT2D eigenvalue weighted by molar-refractivity contribution is -0.290. The topological polar surface area (TPSA) is 22.1 Å². The average Bonchev–Trinajstić information content (AvgIpc) is 2.26. The molecule has 0 aromatic carbocycles. The fourth-order valence-electron chi connectivity index (χ4n) is 1.02. The molecule has 0 aliphatic carbocycles. The number of hydrogen-bond donors (Lipinski definition) is 0. The van der Waals surface area contributed by atoms with Crippen molar-refractivity contribution in [3.8, 4) is 5.75 Å². The van der Waals surface area contributed by atoms with Crippen molar-refractivity contribution in [3.63, 3.8) is 0 Å². The van der Waals surface area contributed by atoms with Gasteiger partial charge in [-0.15, -0.1) is 11.6 Å². The van der Waals surface area contributed by atoms with Crippen LogP contribution in [0.3, 0.4) is 0 Å². The lowest BCUT2D eigenvalue weighted by Crippen LogP contribution is -2.41. The van der Waals surface area contributed by atoms with E-state index in [2.05, 4.69) is 9.72 Å². The van der Waals surface area contributed by atoms with Crippen LogP contribution in [-0.2, 0) is 5.88 Å². The molecule has 0 saturated carbocycles. The second-order valence-electron chi connectivity index (χ2n) is 3.57. The molecule has 0 fully saturated rings. The third kappa shape index (κ3) is 3.44. The van der Waals surface area contributed by atoms with E-state index in [1.807, 2.05) is 0 Å². The van der Waals surface area contributed by atoms with Gasteiger partial charge in [-0.05, 0) is 6.92 Å². The quantitative estimate of drug-likeness (QED) is 0.623. The first-order valence-corrected chi connectivity index (χ1v) is 5.29. The van der Waals surface area contributed by atoms with Crippen molar-refractivity contribution >= 4 is 11.6 Å². The molecule has 0 radical (unpaired) electrons. The van der Waals surface area contributed by atoms with Crippen LogP contribution < -0.4 is 4.74 Å². The summed E-state index contributed by atoms with van der Waals surface area (Å²) in [7, 11) is 0. The monoisotopic (exact) mass is 289 g/mol. The van der Waals surface area contributed by atoms with E-state index in [9.17, 15) is 22.0 Å². The molecule has 1 aromatic rings. The Kier molecular flexibility index (Phi) is 4.37. The van der Waals surface area contributed by atoms with Crippen LogP contribution in [0.25, 0.3) is 0 Å². The van der Waals surface area contributed by atoms with Crippen molar-refractivity contribution in [2.24, 2.45) is 0 Å². The predicted octanol–water partition coefficient (Wildman–Crippen LogP) is 3.71. The van der Waals surface area contributed by atoms with Crippen molar-refractivity contribution in [2.45, 2.75) is 24.9 Å². The molecule has 0 aliphatic heterocycles. The number of halogens is 6. The van der Waals surface area contributed by atoms with Crippen LogP contribution in [0.5, 0.6) is 5.75 Å². The normalized spacial score (nSPS) is 12.6. The zero-order valence-corrected chi connectivity index (χ0v) is 9.95. The second kappa shape index (κ2) is 5.26. The Balaban J connectivity index is 2.80. The summed E-state index contributed by atoms with van der Waals surface area (Å²) in [5.74, 6) is -4.99. The van der Waals surface area contributed by atoms with E-state index in [-0.39, 0.29) is 11.6 Å². The Morgan fingerprint density at radius 3 is 2.39 bits per heavy atom. The molecule has 1 rings (SSSR count). The minimum Gasteiger partial charge on any atom is -0.487 e. The summed E-state index contributed by atoms with van der Waals surface area (Å²) in [4.78, 5) is 3.83. The smallest absolute Gasteiger partial charge is 0.456 e. The van der Waals surface area contributed by atoms with Gasteiger partial charge in [-0.3, -0.25) is 4.98 Å². The largest absolute Gasteiger partial charge is 0.487 e. The fourth-order valence-corrected chi connectivity index (χ4v) is 1.17. The van der Waals surface area contributed by atoms with Crippen molar-refractivity contribution in [3.05, 3.63) is 23.5 Å². The van der Waals surface area contributed by atoms with Crippen LogP contribution in [0.15, 0.2) is 12.3 Å². The lowest BCUT2D eigenvalue weighted by atomic mass is 10.2. The highest BCUT2D eigenvalue weighted by molar-refractivity contribution is 6.16. The highest BCUT2D eigenvalue weighted by Crippen LogP contribution is 2.36. The van der Waals surface area contributed by atoms with Crippen LogP contribution in [0.4, 0.5) is 22.0 Å². The number of aryl methyl sites for hydroxylation is 1. The van der Waals surface area contributed by atoms with Crippen LogP contribution >= 0.6 is 11.6 Å². The van der Waals surface area contributed by atoms with E-state index >= 15 is 0 Å². The Bertz CT molecular complexity index is 421. The van der Waals surface area contributed by atoms with Gasteiger partial charge in [-0.25, -0.2) is 0 Å². The minimum absolute atomic E-state index is 0.00625. The summed E-state index contributed by atoms with van der Waals surface area (Å²) in [6, 6.07) is 1.23. The number of pyridine rings is 1. The third-order valence-corrected chi connectivity index (χ3v) is 2.34. The van der Waals surface area contributed by atoms with Gasteiger partial charge < -0.3 is 4.74 Å². The number of ether oxygens (including phenoxy) is 1. The highest BCUT2D eigenvalue weighted by Gasteiger charge is 2.58. The maximum absolute atomic E-state index is 12.6. The zero-order chi connectivity index (χ0) is 14.0. The van der Waals surface area contributed by atoms with Crippen LogP contribution in [0.1, 0.15) is 11.3 Å². The predicted molar refractivity (Wildman–Crippen MR) is 55.0 cm³/mol. The Labute approximate surface area is 105 Å². The number of aromatic nitrogens is 1. The van der Waals surface area contributed by atoms with Gasteiger partial charge in [0, 0.05) is 17.8 Å². The van der Waals surface area contributed by atoms with Gasteiger partial charge in [0.2, 0.25) is 0 Å². The van der Waals surface area contributed by atoms with Crippen LogP contribution in [-0.4, -0.2) is 23.7 Å².